The van der Waals surface area contributed by atoms with Gasteiger partial charge in [-0.05, 0) is 33.9 Å². The normalized spacial score (nSPS) is 51.5. The predicted octanol–water partition coefficient (Wildman–Crippen LogP) is -4.75. The standard InChI is InChI=1S/C20H41N5O8/c1-20(29)7-30-19(14(28)17(20)25-3)33-16-9(22)4-8(21)15(13(16)27)32-18-10(23)5-11(26)12(31-18)6-24-2/h8-19,24-29H,4-7,21-23H2,1-3H3. The minimum absolute atomic E-state index is 0.0856. The van der Waals surface area contributed by atoms with Crippen molar-refractivity contribution in [3.63, 3.8) is 0 Å². The van der Waals surface area contributed by atoms with Crippen LogP contribution in [0.3, 0.4) is 0 Å². The number of likely N-dealkylation sites (N-methyl/N-ethyl adjacent to an activating group) is 2. The first kappa shape index (κ1) is 27.1. The molecule has 0 amide bonds. The van der Waals surface area contributed by atoms with E-state index >= 15 is 0 Å². The Morgan fingerprint density at radius 2 is 1.55 bits per heavy atom. The molecule has 194 valence electrons. The second-order valence-corrected chi connectivity index (χ2v) is 9.62. The van der Waals surface area contributed by atoms with E-state index in [-0.39, 0.29) is 19.4 Å². The largest absolute Gasteiger partial charge is 0.390 e. The number of aliphatic hydroxyl groups excluding tert-OH is 3. The van der Waals surface area contributed by atoms with E-state index in [1.165, 1.54) is 0 Å². The van der Waals surface area contributed by atoms with Gasteiger partial charge in [0, 0.05) is 18.6 Å². The van der Waals surface area contributed by atoms with Crippen molar-refractivity contribution >= 4 is 0 Å². The van der Waals surface area contributed by atoms with Gasteiger partial charge in [-0.3, -0.25) is 0 Å². The molecule has 0 spiro atoms. The van der Waals surface area contributed by atoms with Gasteiger partial charge in [-0.15, -0.1) is 0 Å². The minimum atomic E-state index is -1.31. The monoisotopic (exact) mass is 479 g/mol. The zero-order valence-corrected chi connectivity index (χ0v) is 19.4. The smallest absolute Gasteiger partial charge is 0.185 e. The van der Waals surface area contributed by atoms with Crippen molar-refractivity contribution in [2.24, 2.45) is 17.2 Å². The van der Waals surface area contributed by atoms with Crippen LogP contribution in [0.5, 0.6) is 0 Å². The molecule has 1 aliphatic carbocycles. The van der Waals surface area contributed by atoms with Crippen LogP contribution < -0.4 is 27.8 Å². The SMILES string of the molecule is CNCC1OC(OC2C(N)CC(N)C(OC3OCC(C)(O)C(NC)C3O)C2O)C(N)CC1O. The van der Waals surface area contributed by atoms with Crippen LogP contribution in [0, 0.1) is 0 Å². The number of hydrogen-bond acceptors (Lipinski definition) is 13. The third kappa shape index (κ3) is 5.83. The fourth-order valence-corrected chi connectivity index (χ4v) is 4.94. The van der Waals surface area contributed by atoms with Crippen LogP contribution in [0.4, 0.5) is 0 Å². The molecular formula is C20H41N5O8. The Hall–Kier alpha value is -0.520. The zero-order valence-electron chi connectivity index (χ0n) is 19.4. The molecule has 0 radical (unpaired) electrons. The van der Waals surface area contributed by atoms with Crippen molar-refractivity contribution in [1.29, 1.82) is 0 Å². The van der Waals surface area contributed by atoms with Crippen molar-refractivity contribution in [3.8, 4) is 0 Å². The van der Waals surface area contributed by atoms with Gasteiger partial charge in [-0.2, -0.15) is 0 Å². The number of ether oxygens (including phenoxy) is 4. The molecular weight excluding hydrogens is 438 g/mol. The quantitative estimate of drug-likeness (QED) is 0.168. The van der Waals surface area contributed by atoms with E-state index in [0.717, 1.165) is 0 Å². The van der Waals surface area contributed by atoms with Crippen LogP contribution in [0.1, 0.15) is 19.8 Å². The van der Waals surface area contributed by atoms with Gasteiger partial charge in [0.05, 0.1) is 30.9 Å². The second kappa shape index (κ2) is 11.0. The Kier molecular flexibility index (Phi) is 9.05. The summed E-state index contributed by atoms with van der Waals surface area (Å²) >= 11 is 0. The highest BCUT2D eigenvalue weighted by atomic mass is 16.7. The highest BCUT2D eigenvalue weighted by molar-refractivity contribution is 5.02. The first-order valence-corrected chi connectivity index (χ1v) is 11.4. The summed E-state index contributed by atoms with van der Waals surface area (Å²) in [6, 6.07) is -2.61. The molecule has 3 rings (SSSR count). The highest BCUT2D eigenvalue weighted by Crippen LogP contribution is 2.31. The van der Waals surface area contributed by atoms with E-state index in [4.69, 9.17) is 36.1 Å². The molecule has 3 aliphatic rings. The lowest BCUT2D eigenvalue weighted by molar-refractivity contribution is -0.309. The molecule has 13 unspecified atom stereocenters. The summed E-state index contributed by atoms with van der Waals surface area (Å²) in [6.45, 7) is 1.86. The van der Waals surface area contributed by atoms with Crippen molar-refractivity contribution in [1.82, 2.24) is 10.6 Å². The summed E-state index contributed by atoms with van der Waals surface area (Å²) in [5, 5.41) is 48.2. The number of nitrogens with one attached hydrogen (secondary N) is 2. The number of aliphatic hydroxyl groups is 4. The molecule has 13 heteroatoms. The maximum Gasteiger partial charge on any atom is 0.185 e. The molecule has 0 aromatic heterocycles. The van der Waals surface area contributed by atoms with E-state index in [9.17, 15) is 20.4 Å². The molecule has 13 nitrogen and oxygen atoms in total. The van der Waals surface area contributed by atoms with Gasteiger partial charge in [0.1, 0.15) is 30.0 Å². The maximum absolute atomic E-state index is 11.1. The first-order chi connectivity index (χ1) is 15.5. The van der Waals surface area contributed by atoms with Gasteiger partial charge in [0.25, 0.3) is 0 Å². The van der Waals surface area contributed by atoms with Crippen LogP contribution >= 0.6 is 0 Å². The maximum atomic E-state index is 11.1. The van der Waals surface area contributed by atoms with Gasteiger partial charge >= 0.3 is 0 Å². The van der Waals surface area contributed by atoms with Crippen LogP contribution in [0.25, 0.3) is 0 Å². The van der Waals surface area contributed by atoms with Crippen LogP contribution in [-0.2, 0) is 18.9 Å². The molecule has 1 saturated carbocycles. The van der Waals surface area contributed by atoms with Gasteiger partial charge in [0.2, 0.25) is 0 Å². The van der Waals surface area contributed by atoms with E-state index in [2.05, 4.69) is 10.6 Å². The topological polar surface area (TPSA) is 220 Å². The van der Waals surface area contributed by atoms with Gasteiger partial charge in [0.15, 0.2) is 12.6 Å². The first-order valence-electron chi connectivity index (χ1n) is 11.4. The van der Waals surface area contributed by atoms with Crippen molar-refractivity contribution in [2.75, 3.05) is 27.2 Å². The average molecular weight is 480 g/mol. The van der Waals surface area contributed by atoms with Gasteiger partial charge < -0.3 is 67.2 Å². The summed E-state index contributed by atoms with van der Waals surface area (Å²) in [5.74, 6) is 0. The Balaban J connectivity index is 1.69. The molecule has 2 saturated heterocycles. The molecule has 2 aliphatic heterocycles. The third-order valence-electron chi connectivity index (χ3n) is 6.79. The van der Waals surface area contributed by atoms with E-state index in [0.29, 0.717) is 6.54 Å². The molecule has 33 heavy (non-hydrogen) atoms. The Bertz CT molecular complexity index is 633. The number of hydrogen-bond donors (Lipinski definition) is 9. The molecule has 0 aromatic rings. The number of rotatable bonds is 7. The van der Waals surface area contributed by atoms with Crippen LogP contribution in [0.15, 0.2) is 0 Å². The molecule has 0 aromatic carbocycles. The molecule has 2 heterocycles. The zero-order chi connectivity index (χ0) is 24.5. The number of nitrogens with two attached hydrogens (primary N) is 3. The average Bonchev–Trinajstić information content (AvgIpc) is 2.73. The van der Waals surface area contributed by atoms with Crippen LogP contribution in [0.2, 0.25) is 0 Å². The van der Waals surface area contributed by atoms with Crippen molar-refractivity contribution in [3.05, 3.63) is 0 Å². The fraction of sp³-hybridized carbons (Fsp3) is 1.00. The van der Waals surface area contributed by atoms with Gasteiger partial charge in [-0.25, -0.2) is 0 Å². The minimum Gasteiger partial charge on any atom is -0.390 e. The predicted molar refractivity (Wildman–Crippen MR) is 117 cm³/mol. The Morgan fingerprint density at radius 1 is 0.939 bits per heavy atom. The van der Waals surface area contributed by atoms with Crippen molar-refractivity contribution in [2.45, 2.75) is 98.7 Å². The molecule has 3 fully saturated rings. The van der Waals surface area contributed by atoms with Crippen LogP contribution in [-0.4, -0.2) is 127 Å². The summed E-state index contributed by atoms with van der Waals surface area (Å²) in [5.41, 5.74) is 17.3. The summed E-state index contributed by atoms with van der Waals surface area (Å²) in [6.07, 6.45) is -7.12. The van der Waals surface area contributed by atoms with Gasteiger partial charge in [-0.1, -0.05) is 0 Å². The van der Waals surface area contributed by atoms with E-state index in [1.54, 1.807) is 21.0 Å². The summed E-state index contributed by atoms with van der Waals surface area (Å²) in [4.78, 5) is 0. The second-order valence-electron chi connectivity index (χ2n) is 9.62. The Labute approximate surface area is 193 Å². The summed E-state index contributed by atoms with van der Waals surface area (Å²) < 4.78 is 23.3. The fourth-order valence-electron chi connectivity index (χ4n) is 4.94. The third-order valence-corrected chi connectivity index (χ3v) is 6.79. The van der Waals surface area contributed by atoms with E-state index in [1.807, 2.05) is 0 Å². The molecule has 13 atom stereocenters. The lowest BCUT2D eigenvalue weighted by atomic mass is 9.84. The van der Waals surface area contributed by atoms with Crippen molar-refractivity contribution < 1.29 is 39.4 Å². The Morgan fingerprint density at radius 3 is 2.12 bits per heavy atom. The lowest BCUT2D eigenvalue weighted by Crippen LogP contribution is -2.68. The molecule has 12 N–H and O–H groups in total. The lowest BCUT2D eigenvalue weighted by Gasteiger charge is -2.48. The highest BCUT2D eigenvalue weighted by Gasteiger charge is 2.51. The molecule has 0 bridgehead atoms. The van der Waals surface area contributed by atoms with E-state index < -0.39 is 79.0 Å². The summed E-state index contributed by atoms with van der Waals surface area (Å²) in [7, 11) is 3.35.